The average Bonchev–Trinajstić information content (AvgIpc) is 3.98. The van der Waals surface area contributed by atoms with E-state index in [1.807, 2.05) is 0 Å². The lowest BCUT2D eigenvalue weighted by Gasteiger charge is -2.17. The molecule has 0 aliphatic heterocycles. The Balaban J connectivity index is 1.42. The summed E-state index contributed by atoms with van der Waals surface area (Å²) in [5.74, 6) is 8.61. The fraction of sp³-hybridized carbons (Fsp3) is 0.435. The molecule has 2 N–H and O–H groups in total. The zero-order valence-corrected chi connectivity index (χ0v) is 36.1. The van der Waals surface area contributed by atoms with E-state index in [0.29, 0.717) is 13.2 Å². The van der Waals surface area contributed by atoms with Crippen LogP contribution in [0.4, 0.5) is 0 Å². The van der Waals surface area contributed by atoms with Gasteiger partial charge in [0.15, 0.2) is 0 Å². The lowest BCUT2D eigenvalue weighted by atomic mass is 10.1. The normalized spacial score (nSPS) is 11.4. The summed E-state index contributed by atoms with van der Waals surface area (Å²) < 4.78 is 24.9. The third-order valence-electron chi connectivity index (χ3n) is 9.54. The van der Waals surface area contributed by atoms with Crippen molar-refractivity contribution in [1.29, 1.82) is 0 Å². The molecule has 2 aromatic carbocycles. The van der Waals surface area contributed by atoms with Crippen LogP contribution in [0.5, 0.6) is 11.5 Å². The van der Waals surface area contributed by atoms with Crippen LogP contribution < -0.4 is 14.8 Å². The van der Waals surface area contributed by atoms with Gasteiger partial charge in [-0.3, -0.25) is 4.57 Å². The van der Waals surface area contributed by atoms with Crippen molar-refractivity contribution in [2.45, 2.75) is 117 Å². The highest BCUT2D eigenvalue weighted by atomic mass is 32.1. The summed E-state index contributed by atoms with van der Waals surface area (Å²) in [5.41, 5.74) is 3.03. The minimum Gasteiger partial charge on any atom is -0.493 e. The summed E-state index contributed by atoms with van der Waals surface area (Å²) in [4.78, 5) is 25.7. The Morgan fingerprint density at radius 2 is 1.02 bits per heavy atom. The van der Waals surface area contributed by atoms with Crippen molar-refractivity contribution in [2.24, 2.45) is 0 Å². The van der Waals surface area contributed by atoms with Crippen LogP contribution in [0.1, 0.15) is 122 Å². The molecule has 0 saturated carbocycles. The third kappa shape index (κ3) is 13.2. The lowest BCUT2D eigenvalue weighted by Crippen LogP contribution is -2.02. The fourth-order valence-corrected chi connectivity index (χ4v) is 9.93. The highest BCUT2D eigenvalue weighted by Crippen LogP contribution is 2.47. The van der Waals surface area contributed by atoms with E-state index in [1.54, 1.807) is 46.1 Å². The molecule has 294 valence electrons. The van der Waals surface area contributed by atoms with Crippen molar-refractivity contribution in [1.82, 2.24) is 0 Å². The number of benzene rings is 2. The molecule has 0 atom stereocenters. The molecular weight excluding hydrogens is 760 g/mol. The smallest absolute Gasteiger partial charge is 0.356 e. The van der Waals surface area contributed by atoms with Gasteiger partial charge >= 0.3 is 7.60 Å². The molecule has 0 radical (unpaired) electrons. The van der Waals surface area contributed by atoms with Gasteiger partial charge in [-0.15, -0.1) is 34.0 Å². The molecule has 5 aromatic rings. The highest BCUT2D eigenvalue weighted by molar-refractivity contribution is 7.60. The molecule has 0 fully saturated rings. The Hall–Kier alpha value is -3.15. The summed E-state index contributed by atoms with van der Waals surface area (Å²) in [6, 6.07) is 23.8. The standard InChI is InChI=1S/C46H57O5PS3/c1-4-7-10-13-14-15-16-17-20-37-25-26-43(53-37)38-33-41(51-32-19-12-9-6-3)39(34-40(38)50-31-18-11-8-5-2)44-28-30-46(55-44)45-29-27-42(54-45)35-21-23-36(24-22-35)52(47,48)49/h21-30,33-34H,4-16,18-19,31-32H2,1-3H3,(H2,47,48,49). The monoisotopic (exact) mass is 816 g/mol. The molecule has 3 aromatic heterocycles. The van der Waals surface area contributed by atoms with E-state index in [2.05, 4.69) is 81.1 Å². The minimum atomic E-state index is -4.28. The Morgan fingerprint density at radius 3 is 1.60 bits per heavy atom. The van der Waals surface area contributed by atoms with E-state index < -0.39 is 7.60 Å². The van der Waals surface area contributed by atoms with Crippen molar-refractivity contribution in [3.05, 3.63) is 77.7 Å². The predicted molar refractivity (Wildman–Crippen MR) is 238 cm³/mol. The topological polar surface area (TPSA) is 76.0 Å². The van der Waals surface area contributed by atoms with Gasteiger partial charge in [-0.25, -0.2) is 0 Å². The average molecular weight is 817 g/mol. The molecule has 3 heterocycles. The van der Waals surface area contributed by atoms with Crippen LogP contribution >= 0.6 is 41.6 Å². The molecule has 0 unspecified atom stereocenters. The Bertz CT molecular complexity index is 2010. The number of rotatable bonds is 23. The van der Waals surface area contributed by atoms with Gasteiger partial charge in [0.05, 0.1) is 23.4 Å². The number of thiophene rings is 3. The van der Waals surface area contributed by atoms with Crippen molar-refractivity contribution >= 4 is 46.9 Å². The number of hydrogen-bond acceptors (Lipinski definition) is 6. The minimum absolute atomic E-state index is 0.0293. The molecule has 0 bridgehead atoms. The first-order valence-electron chi connectivity index (χ1n) is 20.2. The van der Waals surface area contributed by atoms with Gasteiger partial charge in [-0.05, 0) is 85.5 Å². The molecule has 0 saturated heterocycles. The second kappa shape index (κ2) is 22.6. The first-order chi connectivity index (χ1) is 26.8. The maximum atomic E-state index is 11.7. The van der Waals surface area contributed by atoms with Crippen LogP contribution in [0.3, 0.4) is 0 Å². The largest absolute Gasteiger partial charge is 0.493 e. The first-order valence-corrected chi connectivity index (χ1v) is 24.3. The summed E-state index contributed by atoms with van der Waals surface area (Å²) in [5, 5.41) is 0.0293. The van der Waals surface area contributed by atoms with Crippen LogP contribution in [0.25, 0.3) is 41.1 Å². The Labute approximate surface area is 341 Å². The highest BCUT2D eigenvalue weighted by Gasteiger charge is 2.20. The summed E-state index contributed by atoms with van der Waals surface area (Å²) in [6.07, 6.45) is 17.7. The summed E-state index contributed by atoms with van der Waals surface area (Å²) in [6.45, 7) is 8.05. The van der Waals surface area contributed by atoms with Crippen molar-refractivity contribution in [3.63, 3.8) is 0 Å². The van der Waals surface area contributed by atoms with Gasteiger partial charge in [-0.1, -0.05) is 115 Å². The number of hydrogen-bond donors (Lipinski definition) is 2. The number of ether oxygens (including phenoxy) is 2. The van der Waals surface area contributed by atoms with Crippen molar-refractivity contribution in [3.8, 4) is 64.4 Å². The summed E-state index contributed by atoms with van der Waals surface area (Å²) >= 11 is 5.14. The zero-order chi connectivity index (χ0) is 38.9. The molecule has 5 nitrogen and oxygen atoms in total. The van der Waals surface area contributed by atoms with Crippen LogP contribution in [-0.2, 0) is 4.57 Å². The lowest BCUT2D eigenvalue weighted by molar-refractivity contribution is 0.299. The molecular formula is C46H57O5PS3. The molecule has 0 spiro atoms. The first kappa shape index (κ1) is 43.0. The molecule has 0 amide bonds. The van der Waals surface area contributed by atoms with Gasteiger partial charge in [0.1, 0.15) is 11.5 Å². The van der Waals surface area contributed by atoms with Crippen LogP contribution in [0, 0.1) is 11.8 Å². The van der Waals surface area contributed by atoms with Crippen LogP contribution in [0.15, 0.2) is 72.8 Å². The van der Waals surface area contributed by atoms with E-state index in [4.69, 9.17) is 9.47 Å². The van der Waals surface area contributed by atoms with E-state index in [0.717, 1.165) is 89.6 Å². The summed E-state index contributed by atoms with van der Waals surface area (Å²) in [7, 11) is -4.28. The molecule has 0 aliphatic carbocycles. The maximum Gasteiger partial charge on any atom is 0.356 e. The van der Waals surface area contributed by atoms with E-state index >= 15 is 0 Å². The van der Waals surface area contributed by atoms with Gasteiger partial charge in [-0.2, -0.15) is 0 Å². The van der Waals surface area contributed by atoms with Gasteiger partial charge in [0.2, 0.25) is 0 Å². The van der Waals surface area contributed by atoms with Crippen molar-refractivity contribution < 1.29 is 23.8 Å². The molecule has 0 aliphatic rings. The molecule has 5 rings (SSSR count). The predicted octanol–water partition coefficient (Wildman–Crippen LogP) is 14.4. The fourth-order valence-electron chi connectivity index (χ4n) is 6.36. The second-order valence-electron chi connectivity index (χ2n) is 14.1. The van der Waals surface area contributed by atoms with Crippen LogP contribution in [-0.4, -0.2) is 23.0 Å². The van der Waals surface area contributed by atoms with Gasteiger partial charge < -0.3 is 19.3 Å². The molecule has 55 heavy (non-hydrogen) atoms. The second-order valence-corrected chi connectivity index (χ2v) is 18.9. The number of unbranched alkanes of at least 4 members (excludes halogenated alkanes) is 12. The van der Waals surface area contributed by atoms with E-state index in [9.17, 15) is 14.4 Å². The molecule has 9 heteroatoms. The Kier molecular flexibility index (Phi) is 17.6. The zero-order valence-electron chi connectivity index (χ0n) is 32.7. The van der Waals surface area contributed by atoms with Gasteiger partial charge in [0.25, 0.3) is 0 Å². The van der Waals surface area contributed by atoms with Crippen LogP contribution in [0.2, 0.25) is 0 Å². The van der Waals surface area contributed by atoms with Crippen molar-refractivity contribution in [2.75, 3.05) is 13.2 Å². The maximum absolute atomic E-state index is 11.7. The van der Waals surface area contributed by atoms with Gasteiger partial charge in [0, 0.05) is 41.9 Å². The van der Waals surface area contributed by atoms with E-state index in [-0.39, 0.29) is 5.30 Å². The SMILES string of the molecule is CCCCCCCCC#Cc1ccc(-c2cc(OCCCCCC)c(-c3ccc(-c4ccc(-c5ccc(P(=O)(O)O)cc5)s4)s3)cc2OCCCCCC)s1. The Morgan fingerprint density at radius 1 is 0.545 bits per heavy atom. The third-order valence-corrected chi connectivity index (χ3v) is 14.0. The quantitative estimate of drug-likeness (QED) is 0.0390. The van der Waals surface area contributed by atoms with E-state index in [1.165, 1.54) is 76.3 Å².